The van der Waals surface area contributed by atoms with Crippen LogP contribution in [0.2, 0.25) is 0 Å². The maximum absolute atomic E-state index is 6.01. The Balaban J connectivity index is 4.15. The molecule has 0 spiro atoms. The first-order valence-electron chi connectivity index (χ1n) is 6.65. The average molecular weight is 213 g/mol. The molecule has 0 aromatic heterocycles. The summed E-state index contributed by atoms with van der Waals surface area (Å²) in [5, 5.41) is 0. The van der Waals surface area contributed by atoms with Crippen LogP contribution in [0.15, 0.2) is 0 Å². The van der Waals surface area contributed by atoms with E-state index in [-0.39, 0.29) is 0 Å². The summed E-state index contributed by atoms with van der Waals surface area (Å²) in [5.74, 6) is 3.09. The zero-order valence-electron chi connectivity index (χ0n) is 11.6. The maximum Gasteiger partial charge on any atom is 0.00388 e. The monoisotopic (exact) mass is 213 g/mol. The fraction of sp³-hybridized carbons (Fsp3) is 1.00. The molecule has 4 unspecified atom stereocenters. The van der Waals surface area contributed by atoms with Crippen molar-refractivity contribution in [3.05, 3.63) is 0 Å². The van der Waals surface area contributed by atoms with Gasteiger partial charge in [-0.2, -0.15) is 0 Å². The van der Waals surface area contributed by atoms with Gasteiger partial charge in [0.05, 0.1) is 0 Å². The molecule has 0 rings (SSSR count). The Morgan fingerprint density at radius 3 is 1.80 bits per heavy atom. The van der Waals surface area contributed by atoms with Crippen molar-refractivity contribution in [2.75, 3.05) is 0 Å². The van der Waals surface area contributed by atoms with Crippen molar-refractivity contribution in [1.29, 1.82) is 0 Å². The summed E-state index contributed by atoms with van der Waals surface area (Å²) in [5.41, 5.74) is 6.01. The summed E-state index contributed by atoms with van der Waals surface area (Å²) < 4.78 is 0. The van der Waals surface area contributed by atoms with Crippen LogP contribution in [-0.4, -0.2) is 6.04 Å². The molecule has 0 aliphatic carbocycles. The molecule has 0 saturated heterocycles. The molecular formula is C14H31N. The normalized spacial score (nSPS) is 20.0. The lowest BCUT2D eigenvalue weighted by Gasteiger charge is -2.31. The van der Waals surface area contributed by atoms with Gasteiger partial charge >= 0.3 is 0 Å². The molecular weight excluding hydrogens is 182 g/mol. The molecule has 0 amide bonds. The molecule has 0 aromatic carbocycles. The molecule has 2 N–H and O–H groups in total. The van der Waals surface area contributed by atoms with Gasteiger partial charge in [0.2, 0.25) is 0 Å². The largest absolute Gasteiger partial charge is 0.328 e. The molecule has 92 valence electrons. The smallest absolute Gasteiger partial charge is 0.00388 e. The van der Waals surface area contributed by atoms with E-state index >= 15 is 0 Å². The summed E-state index contributed by atoms with van der Waals surface area (Å²) in [4.78, 5) is 0. The molecule has 0 heterocycles. The summed E-state index contributed by atoms with van der Waals surface area (Å²) >= 11 is 0. The van der Waals surface area contributed by atoms with E-state index in [2.05, 4.69) is 41.5 Å². The Hall–Kier alpha value is -0.0400. The fourth-order valence-corrected chi connectivity index (χ4v) is 2.49. The zero-order chi connectivity index (χ0) is 12.0. The third-order valence-corrected chi connectivity index (χ3v) is 3.91. The van der Waals surface area contributed by atoms with Gasteiger partial charge in [-0.3, -0.25) is 0 Å². The average Bonchev–Trinajstić information content (AvgIpc) is 2.15. The quantitative estimate of drug-likeness (QED) is 0.678. The molecule has 15 heavy (non-hydrogen) atoms. The highest BCUT2D eigenvalue weighted by Gasteiger charge is 2.24. The van der Waals surface area contributed by atoms with Crippen LogP contribution in [0, 0.1) is 23.7 Å². The van der Waals surface area contributed by atoms with Crippen molar-refractivity contribution < 1.29 is 0 Å². The summed E-state index contributed by atoms with van der Waals surface area (Å²) in [6, 6.07) is 0.330. The van der Waals surface area contributed by atoms with E-state index in [1.54, 1.807) is 0 Å². The first kappa shape index (κ1) is 15.0. The van der Waals surface area contributed by atoms with Gasteiger partial charge in [-0.1, -0.05) is 53.9 Å². The molecule has 0 aromatic rings. The molecule has 4 atom stereocenters. The van der Waals surface area contributed by atoms with Crippen LogP contribution in [-0.2, 0) is 0 Å². The topological polar surface area (TPSA) is 26.0 Å². The fourth-order valence-electron chi connectivity index (χ4n) is 2.49. The van der Waals surface area contributed by atoms with E-state index < -0.39 is 0 Å². The molecule has 0 aliphatic heterocycles. The summed E-state index contributed by atoms with van der Waals surface area (Å²) in [7, 11) is 0. The van der Waals surface area contributed by atoms with Crippen molar-refractivity contribution in [1.82, 2.24) is 0 Å². The lowest BCUT2D eigenvalue weighted by Crippen LogP contribution is -2.33. The van der Waals surface area contributed by atoms with Gasteiger partial charge in [0.25, 0.3) is 0 Å². The molecule has 0 bridgehead atoms. The van der Waals surface area contributed by atoms with E-state index in [1.807, 2.05) is 0 Å². The first-order chi connectivity index (χ1) is 6.90. The maximum atomic E-state index is 6.01. The highest BCUT2D eigenvalue weighted by Crippen LogP contribution is 2.30. The van der Waals surface area contributed by atoms with Crippen molar-refractivity contribution in [2.45, 2.75) is 66.8 Å². The van der Waals surface area contributed by atoms with E-state index in [0.29, 0.717) is 12.0 Å². The number of rotatable bonds is 7. The number of nitrogens with two attached hydrogens (primary N) is 1. The van der Waals surface area contributed by atoms with E-state index in [1.165, 1.54) is 19.3 Å². The van der Waals surface area contributed by atoms with Crippen LogP contribution in [0.4, 0.5) is 0 Å². The number of hydrogen-bond donors (Lipinski definition) is 1. The van der Waals surface area contributed by atoms with Crippen molar-refractivity contribution in [3.63, 3.8) is 0 Å². The van der Waals surface area contributed by atoms with Crippen molar-refractivity contribution in [2.24, 2.45) is 29.4 Å². The highest BCUT2D eigenvalue weighted by atomic mass is 14.6. The van der Waals surface area contributed by atoms with E-state index in [0.717, 1.165) is 17.8 Å². The van der Waals surface area contributed by atoms with Gasteiger partial charge in [0.1, 0.15) is 0 Å². The second-order valence-electron chi connectivity index (χ2n) is 5.74. The Kier molecular flexibility index (Phi) is 7.25. The summed E-state index contributed by atoms with van der Waals surface area (Å²) in [6.07, 6.45) is 3.97. The lowest BCUT2D eigenvalue weighted by atomic mass is 9.76. The minimum Gasteiger partial charge on any atom is -0.328 e. The zero-order valence-corrected chi connectivity index (χ0v) is 11.6. The molecule has 0 aliphatic rings. The Labute approximate surface area is 96.8 Å². The van der Waals surface area contributed by atoms with Crippen molar-refractivity contribution >= 4 is 0 Å². The minimum atomic E-state index is 0.330. The molecule has 0 fully saturated rings. The SMILES string of the molecule is CCC(C(C)CCC(C)C)C(C)C(C)N. The van der Waals surface area contributed by atoms with E-state index in [4.69, 9.17) is 5.73 Å². The standard InChI is InChI=1S/C14H31N/c1-7-14(12(5)13(6)15)11(4)9-8-10(2)3/h10-14H,7-9,15H2,1-6H3. The Morgan fingerprint density at radius 2 is 1.47 bits per heavy atom. The third-order valence-electron chi connectivity index (χ3n) is 3.91. The lowest BCUT2D eigenvalue weighted by molar-refractivity contribution is 0.205. The third kappa shape index (κ3) is 5.55. The van der Waals surface area contributed by atoms with Crippen LogP contribution in [0.3, 0.4) is 0 Å². The van der Waals surface area contributed by atoms with Crippen LogP contribution in [0.25, 0.3) is 0 Å². The Bertz CT molecular complexity index is 151. The van der Waals surface area contributed by atoms with Gasteiger partial charge in [-0.05, 0) is 30.6 Å². The second-order valence-corrected chi connectivity index (χ2v) is 5.74. The van der Waals surface area contributed by atoms with Gasteiger partial charge in [0, 0.05) is 6.04 Å². The first-order valence-corrected chi connectivity index (χ1v) is 6.65. The van der Waals surface area contributed by atoms with Gasteiger partial charge in [-0.25, -0.2) is 0 Å². The van der Waals surface area contributed by atoms with E-state index in [9.17, 15) is 0 Å². The van der Waals surface area contributed by atoms with Crippen LogP contribution in [0.1, 0.15) is 60.8 Å². The van der Waals surface area contributed by atoms with Gasteiger partial charge in [0.15, 0.2) is 0 Å². The summed E-state index contributed by atoms with van der Waals surface area (Å²) in [6.45, 7) is 13.8. The minimum absolute atomic E-state index is 0.330. The predicted molar refractivity (Wildman–Crippen MR) is 69.8 cm³/mol. The highest BCUT2D eigenvalue weighted by molar-refractivity contribution is 4.76. The Morgan fingerprint density at radius 1 is 0.933 bits per heavy atom. The van der Waals surface area contributed by atoms with Gasteiger partial charge < -0.3 is 5.73 Å². The van der Waals surface area contributed by atoms with Crippen molar-refractivity contribution in [3.8, 4) is 0 Å². The molecule has 0 radical (unpaired) electrons. The predicted octanol–water partition coefficient (Wildman–Crippen LogP) is 4.07. The molecule has 1 heteroatoms. The molecule has 1 nitrogen and oxygen atoms in total. The van der Waals surface area contributed by atoms with Gasteiger partial charge in [-0.15, -0.1) is 0 Å². The molecule has 0 saturated carbocycles. The number of hydrogen-bond acceptors (Lipinski definition) is 1. The van der Waals surface area contributed by atoms with Crippen LogP contribution in [0.5, 0.6) is 0 Å². The van der Waals surface area contributed by atoms with Crippen LogP contribution >= 0.6 is 0 Å². The van der Waals surface area contributed by atoms with Crippen LogP contribution < -0.4 is 5.73 Å². The second kappa shape index (κ2) is 7.27.